The van der Waals surface area contributed by atoms with E-state index in [-0.39, 0.29) is 17.9 Å². The number of hydrogen-bond donors (Lipinski definition) is 9. The predicted molar refractivity (Wildman–Crippen MR) is 121 cm³/mol. The summed E-state index contributed by atoms with van der Waals surface area (Å²) in [5.41, 5.74) is 6.04. The van der Waals surface area contributed by atoms with Crippen molar-refractivity contribution in [2.75, 3.05) is 5.75 Å². The van der Waals surface area contributed by atoms with E-state index in [1.54, 1.807) is 0 Å². The fourth-order valence-corrected chi connectivity index (χ4v) is 2.99. The highest BCUT2D eigenvalue weighted by Gasteiger charge is 2.32. The number of phenols is 1. The first kappa shape index (κ1) is 28.7. The Morgan fingerprint density at radius 3 is 1.97 bits per heavy atom. The van der Waals surface area contributed by atoms with Crippen LogP contribution in [-0.4, -0.2) is 86.1 Å². The summed E-state index contributed by atoms with van der Waals surface area (Å²) >= 11 is 3.83. The zero-order valence-electron chi connectivity index (χ0n) is 18.2. The van der Waals surface area contributed by atoms with Gasteiger partial charge in [-0.25, -0.2) is 4.79 Å². The van der Waals surface area contributed by atoms with Crippen LogP contribution in [-0.2, 0) is 30.4 Å². The van der Waals surface area contributed by atoms with Crippen LogP contribution in [0.1, 0.15) is 18.9 Å². The number of carbonyl (C=O) groups excluding carboxylic acids is 3. The number of phenolic OH excluding ortho intramolecular Hbond substituents is 1. The number of rotatable bonds is 13. The Morgan fingerprint density at radius 2 is 1.50 bits per heavy atom. The first-order chi connectivity index (χ1) is 15.8. The first-order valence-electron chi connectivity index (χ1n) is 10.0. The van der Waals surface area contributed by atoms with Crippen LogP contribution in [0.5, 0.6) is 5.75 Å². The molecule has 9 N–H and O–H groups in total. The lowest BCUT2D eigenvalue weighted by molar-refractivity contribution is -0.142. The van der Waals surface area contributed by atoms with Crippen molar-refractivity contribution in [1.29, 1.82) is 0 Å². The van der Waals surface area contributed by atoms with Gasteiger partial charge in [0, 0.05) is 12.2 Å². The van der Waals surface area contributed by atoms with Crippen molar-refractivity contribution in [1.82, 2.24) is 16.0 Å². The van der Waals surface area contributed by atoms with Gasteiger partial charge < -0.3 is 42.1 Å². The zero-order chi connectivity index (χ0) is 26.0. The molecule has 14 heteroatoms. The number of aromatic hydroxyl groups is 1. The molecule has 188 valence electrons. The third kappa shape index (κ3) is 9.25. The van der Waals surface area contributed by atoms with Crippen LogP contribution in [0.15, 0.2) is 24.3 Å². The van der Waals surface area contributed by atoms with E-state index in [9.17, 15) is 34.2 Å². The van der Waals surface area contributed by atoms with Crippen LogP contribution in [0.3, 0.4) is 0 Å². The quantitative estimate of drug-likeness (QED) is 0.130. The number of carboxylic acids is 2. The molecular formula is C20H28N4O9S. The monoisotopic (exact) mass is 500 g/mol. The van der Waals surface area contributed by atoms with Gasteiger partial charge >= 0.3 is 11.9 Å². The van der Waals surface area contributed by atoms with Crippen molar-refractivity contribution in [3.63, 3.8) is 0 Å². The summed E-state index contributed by atoms with van der Waals surface area (Å²) in [5.74, 6) is -5.86. The molecule has 0 bridgehead atoms. The van der Waals surface area contributed by atoms with E-state index in [2.05, 4.69) is 28.6 Å². The third-order valence-electron chi connectivity index (χ3n) is 4.60. The van der Waals surface area contributed by atoms with Crippen molar-refractivity contribution < 1.29 is 44.4 Å². The number of carbonyl (C=O) groups is 5. The Hall–Kier alpha value is -3.36. The molecule has 34 heavy (non-hydrogen) atoms. The fourth-order valence-electron chi connectivity index (χ4n) is 2.74. The molecule has 3 amide bonds. The molecule has 1 rings (SSSR count). The fraction of sp³-hybridized carbons (Fsp3) is 0.450. The molecular weight excluding hydrogens is 472 g/mol. The molecule has 0 heterocycles. The number of aliphatic hydroxyl groups excluding tert-OH is 1. The Labute approximate surface area is 200 Å². The number of aliphatic carboxylic acids is 2. The normalized spacial score (nSPS) is 15.2. The summed E-state index contributed by atoms with van der Waals surface area (Å²) in [4.78, 5) is 59.7. The standard InChI is InChI=1S/C20H28N4O9S/c1-9(25)16(19(31)23-14(8-34)20(32)33)24-18(30)13(6-10-2-4-11(26)5-3-10)22-17(29)12(21)7-15(27)28/h2-5,9,12-14,16,25-26,34H,6-8,21H2,1H3,(H,22,29)(H,23,31)(H,24,30)(H,27,28)(H,32,33). The second-order valence-electron chi connectivity index (χ2n) is 7.44. The number of carboxylic acid groups (broad SMARTS) is 2. The molecule has 1 aromatic carbocycles. The van der Waals surface area contributed by atoms with Crippen LogP contribution in [0.25, 0.3) is 0 Å². The molecule has 0 radical (unpaired) electrons. The summed E-state index contributed by atoms with van der Waals surface area (Å²) in [5, 5.41) is 44.0. The Balaban J connectivity index is 3.09. The smallest absolute Gasteiger partial charge is 0.327 e. The molecule has 0 aliphatic heterocycles. The SMILES string of the molecule is CC(O)C(NC(=O)C(Cc1ccc(O)cc1)NC(=O)C(N)CC(=O)O)C(=O)NC(CS)C(=O)O. The maximum atomic E-state index is 12.9. The van der Waals surface area contributed by atoms with E-state index >= 15 is 0 Å². The van der Waals surface area contributed by atoms with E-state index in [1.807, 2.05) is 0 Å². The van der Waals surface area contributed by atoms with Crippen molar-refractivity contribution in [2.45, 2.75) is 50.0 Å². The number of benzene rings is 1. The highest BCUT2D eigenvalue weighted by Crippen LogP contribution is 2.12. The van der Waals surface area contributed by atoms with Crippen molar-refractivity contribution in [3.05, 3.63) is 29.8 Å². The molecule has 13 nitrogen and oxygen atoms in total. The molecule has 1 aromatic rings. The maximum absolute atomic E-state index is 12.9. The highest BCUT2D eigenvalue weighted by atomic mass is 32.1. The lowest BCUT2D eigenvalue weighted by Gasteiger charge is -2.26. The van der Waals surface area contributed by atoms with Crippen LogP contribution in [0, 0.1) is 0 Å². The van der Waals surface area contributed by atoms with Crippen LogP contribution in [0.4, 0.5) is 0 Å². The summed E-state index contributed by atoms with van der Waals surface area (Å²) in [6, 6.07) is -0.141. The molecule has 5 atom stereocenters. The van der Waals surface area contributed by atoms with Crippen LogP contribution in [0.2, 0.25) is 0 Å². The average Bonchev–Trinajstić information content (AvgIpc) is 2.75. The van der Waals surface area contributed by atoms with Gasteiger partial charge in [-0.3, -0.25) is 19.2 Å². The Bertz CT molecular complexity index is 895. The molecule has 0 saturated carbocycles. The van der Waals surface area contributed by atoms with Gasteiger partial charge in [0.15, 0.2) is 0 Å². The number of nitrogens with two attached hydrogens (primary N) is 1. The molecule has 0 saturated heterocycles. The molecule has 0 aliphatic rings. The molecule has 0 aromatic heterocycles. The summed E-state index contributed by atoms with van der Waals surface area (Å²) in [7, 11) is 0. The minimum absolute atomic E-state index is 0.0414. The highest BCUT2D eigenvalue weighted by molar-refractivity contribution is 7.80. The van der Waals surface area contributed by atoms with E-state index in [1.165, 1.54) is 31.2 Å². The second kappa shape index (κ2) is 13.4. The summed E-state index contributed by atoms with van der Waals surface area (Å²) in [6.07, 6.45) is -2.28. The Kier molecular flexibility index (Phi) is 11.3. The van der Waals surface area contributed by atoms with Crippen molar-refractivity contribution >= 4 is 42.3 Å². The molecule has 5 unspecified atom stereocenters. The number of thiol groups is 1. The minimum atomic E-state index is -1.58. The maximum Gasteiger partial charge on any atom is 0.327 e. The summed E-state index contributed by atoms with van der Waals surface area (Å²) < 4.78 is 0. The van der Waals surface area contributed by atoms with Gasteiger partial charge in [0.2, 0.25) is 17.7 Å². The zero-order valence-corrected chi connectivity index (χ0v) is 19.1. The van der Waals surface area contributed by atoms with Gasteiger partial charge in [-0.15, -0.1) is 0 Å². The average molecular weight is 501 g/mol. The van der Waals surface area contributed by atoms with E-state index < -0.39 is 66.4 Å². The van der Waals surface area contributed by atoms with Gasteiger partial charge in [-0.2, -0.15) is 12.6 Å². The van der Waals surface area contributed by atoms with Gasteiger partial charge in [-0.1, -0.05) is 12.1 Å². The molecule has 0 spiro atoms. The third-order valence-corrected chi connectivity index (χ3v) is 4.97. The second-order valence-corrected chi connectivity index (χ2v) is 7.81. The number of aliphatic hydroxyl groups is 1. The summed E-state index contributed by atoms with van der Waals surface area (Å²) in [6.45, 7) is 1.19. The Morgan fingerprint density at radius 1 is 0.941 bits per heavy atom. The largest absolute Gasteiger partial charge is 0.508 e. The van der Waals surface area contributed by atoms with Crippen molar-refractivity contribution in [2.24, 2.45) is 5.73 Å². The minimum Gasteiger partial charge on any atom is -0.508 e. The number of hydrogen-bond acceptors (Lipinski definition) is 9. The number of amides is 3. The lowest BCUT2D eigenvalue weighted by atomic mass is 10.0. The molecule has 0 aliphatic carbocycles. The van der Waals surface area contributed by atoms with Crippen LogP contribution >= 0.6 is 12.6 Å². The first-order valence-corrected chi connectivity index (χ1v) is 10.7. The van der Waals surface area contributed by atoms with Gasteiger partial charge in [0.05, 0.1) is 18.6 Å². The predicted octanol–water partition coefficient (Wildman–Crippen LogP) is -2.41. The van der Waals surface area contributed by atoms with E-state index in [0.29, 0.717) is 5.56 Å². The van der Waals surface area contributed by atoms with E-state index in [0.717, 1.165) is 0 Å². The van der Waals surface area contributed by atoms with Gasteiger partial charge in [0.25, 0.3) is 0 Å². The lowest BCUT2D eigenvalue weighted by Crippen LogP contribution is -2.60. The molecule has 0 fully saturated rings. The van der Waals surface area contributed by atoms with Gasteiger partial charge in [-0.05, 0) is 24.6 Å². The van der Waals surface area contributed by atoms with Crippen molar-refractivity contribution in [3.8, 4) is 5.75 Å². The number of nitrogens with one attached hydrogen (secondary N) is 3. The van der Waals surface area contributed by atoms with Crippen LogP contribution < -0.4 is 21.7 Å². The topological polar surface area (TPSA) is 228 Å². The van der Waals surface area contributed by atoms with Gasteiger partial charge in [0.1, 0.15) is 23.9 Å². The van der Waals surface area contributed by atoms with E-state index in [4.69, 9.17) is 15.9 Å².